The summed E-state index contributed by atoms with van der Waals surface area (Å²) in [5.41, 5.74) is 26.1. The number of guanidine groups is 1. The van der Waals surface area contributed by atoms with Gasteiger partial charge in [-0.05, 0) is 19.8 Å². The number of primary amides is 2. The predicted molar refractivity (Wildman–Crippen MR) is 115 cm³/mol. The lowest BCUT2D eigenvalue weighted by Crippen LogP contribution is -2.57. The maximum atomic E-state index is 12.7. The second-order valence-corrected chi connectivity index (χ2v) is 7.09. The number of aliphatic imine (C=N–C) groups is 1. The third-order valence-electron chi connectivity index (χ3n) is 4.10. The van der Waals surface area contributed by atoms with E-state index in [1.807, 2.05) is 0 Å². The summed E-state index contributed by atoms with van der Waals surface area (Å²) in [6, 6.07) is -5.44. The molecular weight excluding hydrogens is 442 g/mol. The molecule has 0 saturated heterocycles. The fourth-order valence-electron chi connectivity index (χ4n) is 2.42. The number of aliphatic carboxylic acids is 1. The van der Waals surface area contributed by atoms with Crippen molar-refractivity contribution in [3.8, 4) is 0 Å². The molecule has 0 rings (SSSR count). The normalized spacial score (nSPS) is 14.0. The Kier molecular flexibility index (Phi) is 12.5. The van der Waals surface area contributed by atoms with Gasteiger partial charge in [-0.1, -0.05) is 0 Å². The number of nitrogens with zero attached hydrogens (tertiary/aromatic N) is 1. The van der Waals surface area contributed by atoms with Crippen LogP contribution in [0.5, 0.6) is 0 Å². The van der Waals surface area contributed by atoms with Crippen LogP contribution in [-0.2, 0) is 28.8 Å². The van der Waals surface area contributed by atoms with Crippen molar-refractivity contribution in [2.45, 2.75) is 56.8 Å². The lowest BCUT2D eigenvalue weighted by Gasteiger charge is -2.24. The highest BCUT2D eigenvalue weighted by Crippen LogP contribution is 2.03. The van der Waals surface area contributed by atoms with E-state index < -0.39 is 72.5 Å². The van der Waals surface area contributed by atoms with Gasteiger partial charge in [0.05, 0.1) is 18.9 Å². The Morgan fingerprint density at radius 2 is 1.33 bits per heavy atom. The number of amides is 5. The van der Waals surface area contributed by atoms with Crippen molar-refractivity contribution in [1.29, 1.82) is 0 Å². The average Bonchev–Trinajstić information content (AvgIpc) is 2.68. The summed E-state index contributed by atoms with van der Waals surface area (Å²) in [4.78, 5) is 74.4. The summed E-state index contributed by atoms with van der Waals surface area (Å²) >= 11 is 0. The maximum Gasteiger partial charge on any atom is 0.325 e. The van der Waals surface area contributed by atoms with Crippen LogP contribution in [0.15, 0.2) is 4.99 Å². The summed E-state index contributed by atoms with van der Waals surface area (Å²) in [5, 5.41) is 15.7. The van der Waals surface area contributed by atoms with Crippen LogP contribution in [0.3, 0.4) is 0 Å². The Morgan fingerprint density at radius 3 is 1.82 bits per heavy atom. The van der Waals surface area contributed by atoms with Crippen molar-refractivity contribution in [2.75, 3.05) is 6.54 Å². The van der Waals surface area contributed by atoms with E-state index in [0.29, 0.717) is 0 Å². The van der Waals surface area contributed by atoms with Gasteiger partial charge < -0.3 is 49.7 Å². The van der Waals surface area contributed by atoms with E-state index in [9.17, 15) is 28.8 Å². The minimum Gasteiger partial charge on any atom is -0.480 e. The van der Waals surface area contributed by atoms with Gasteiger partial charge in [-0.15, -0.1) is 0 Å². The topological polar surface area (TPSA) is 301 Å². The molecule has 0 saturated carbocycles. The number of carboxylic acids is 1. The zero-order valence-electron chi connectivity index (χ0n) is 18.1. The first-order chi connectivity index (χ1) is 15.2. The molecule has 16 nitrogen and oxygen atoms in total. The zero-order chi connectivity index (χ0) is 25.7. The number of carbonyl (C=O) groups is 6. The number of rotatable bonds is 15. The van der Waals surface area contributed by atoms with Gasteiger partial charge >= 0.3 is 5.97 Å². The third kappa shape index (κ3) is 12.5. The van der Waals surface area contributed by atoms with E-state index in [-0.39, 0.29) is 25.3 Å². The molecule has 0 aliphatic rings. The van der Waals surface area contributed by atoms with Crippen LogP contribution in [0, 0.1) is 0 Å². The molecule has 0 heterocycles. The number of nitrogens with two attached hydrogens (primary N) is 5. The van der Waals surface area contributed by atoms with Crippen molar-refractivity contribution in [1.82, 2.24) is 16.0 Å². The Hall–Kier alpha value is -3.95. The van der Waals surface area contributed by atoms with Crippen LogP contribution in [0.1, 0.15) is 32.6 Å². The fourth-order valence-corrected chi connectivity index (χ4v) is 2.42. The highest BCUT2D eigenvalue weighted by atomic mass is 16.4. The summed E-state index contributed by atoms with van der Waals surface area (Å²) in [6.07, 6.45) is -0.957. The monoisotopic (exact) mass is 473 g/mol. The molecule has 0 aliphatic heterocycles. The molecule has 0 bridgehead atoms. The van der Waals surface area contributed by atoms with Crippen molar-refractivity contribution in [3.63, 3.8) is 0 Å². The Morgan fingerprint density at radius 1 is 0.818 bits per heavy atom. The van der Waals surface area contributed by atoms with Crippen LogP contribution in [-0.4, -0.2) is 77.3 Å². The molecule has 4 unspecified atom stereocenters. The first-order valence-electron chi connectivity index (χ1n) is 9.76. The quantitative estimate of drug-likeness (QED) is 0.0617. The minimum atomic E-state index is -1.53. The smallest absolute Gasteiger partial charge is 0.325 e. The summed E-state index contributed by atoms with van der Waals surface area (Å²) in [7, 11) is 0. The van der Waals surface area contributed by atoms with Gasteiger partial charge in [0, 0.05) is 6.54 Å². The molecule has 14 N–H and O–H groups in total. The van der Waals surface area contributed by atoms with Crippen molar-refractivity contribution in [3.05, 3.63) is 0 Å². The maximum absolute atomic E-state index is 12.7. The van der Waals surface area contributed by atoms with Crippen molar-refractivity contribution < 1.29 is 33.9 Å². The number of nitrogens with one attached hydrogen (secondary N) is 3. The second-order valence-electron chi connectivity index (χ2n) is 7.09. The van der Waals surface area contributed by atoms with Crippen molar-refractivity contribution in [2.24, 2.45) is 33.7 Å². The molecule has 16 heteroatoms. The summed E-state index contributed by atoms with van der Waals surface area (Å²) in [6.45, 7) is 1.33. The van der Waals surface area contributed by atoms with E-state index in [1.165, 1.54) is 6.92 Å². The van der Waals surface area contributed by atoms with Crippen LogP contribution in [0.25, 0.3) is 0 Å². The first-order valence-corrected chi connectivity index (χ1v) is 9.76. The molecule has 0 aromatic carbocycles. The SMILES string of the molecule is CC(NC(=O)C(CCCN=C(N)N)NC(=O)C(CC(N)=O)NC(=O)C(N)CC(N)=O)C(=O)O. The molecule has 0 aromatic rings. The Labute approximate surface area is 189 Å². The summed E-state index contributed by atoms with van der Waals surface area (Å²) < 4.78 is 0. The molecule has 5 amide bonds. The number of hydrogen-bond donors (Lipinski definition) is 9. The lowest BCUT2D eigenvalue weighted by atomic mass is 10.1. The van der Waals surface area contributed by atoms with E-state index in [4.69, 9.17) is 33.8 Å². The molecule has 0 radical (unpaired) electrons. The summed E-state index contributed by atoms with van der Waals surface area (Å²) in [5.74, 6) is -6.07. The van der Waals surface area contributed by atoms with Crippen LogP contribution >= 0.6 is 0 Å². The number of carboxylic acid groups (broad SMARTS) is 1. The lowest BCUT2D eigenvalue weighted by molar-refractivity contribution is -0.142. The molecule has 33 heavy (non-hydrogen) atoms. The molecule has 0 fully saturated rings. The number of hydrogen-bond acceptors (Lipinski definition) is 8. The van der Waals surface area contributed by atoms with Crippen LogP contribution < -0.4 is 44.6 Å². The molecule has 0 aromatic heterocycles. The third-order valence-corrected chi connectivity index (χ3v) is 4.10. The van der Waals surface area contributed by atoms with Gasteiger partial charge in [0.2, 0.25) is 29.5 Å². The number of carbonyl (C=O) groups excluding carboxylic acids is 5. The van der Waals surface area contributed by atoms with Crippen LogP contribution in [0.2, 0.25) is 0 Å². The van der Waals surface area contributed by atoms with Gasteiger partial charge in [0.25, 0.3) is 0 Å². The van der Waals surface area contributed by atoms with Gasteiger partial charge in [0.1, 0.15) is 18.1 Å². The highest BCUT2D eigenvalue weighted by Gasteiger charge is 2.30. The Balaban J connectivity index is 5.47. The molecule has 0 spiro atoms. The average molecular weight is 473 g/mol. The standard InChI is InChI=1S/C17H31N9O7/c1-7(16(32)33)24-14(30)9(3-2-4-23-17(21)22)25-15(31)10(6-12(20)28)26-13(29)8(18)5-11(19)27/h7-10H,2-6,18H2,1H3,(H2,19,27)(H2,20,28)(H,24,30)(H,25,31)(H,26,29)(H,32,33)(H4,21,22,23). The molecule has 186 valence electrons. The fraction of sp³-hybridized carbons (Fsp3) is 0.588. The van der Waals surface area contributed by atoms with E-state index >= 15 is 0 Å². The van der Waals surface area contributed by atoms with Gasteiger partial charge in [0.15, 0.2) is 5.96 Å². The molecular formula is C17H31N9O7. The van der Waals surface area contributed by atoms with Gasteiger partial charge in [-0.3, -0.25) is 33.8 Å². The Bertz CT molecular complexity index is 783. The zero-order valence-corrected chi connectivity index (χ0v) is 18.1. The highest BCUT2D eigenvalue weighted by molar-refractivity contribution is 5.96. The van der Waals surface area contributed by atoms with Crippen molar-refractivity contribution >= 4 is 41.5 Å². The molecule has 4 atom stereocenters. The van der Waals surface area contributed by atoms with Gasteiger partial charge in [-0.25, -0.2) is 0 Å². The van der Waals surface area contributed by atoms with E-state index in [1.54, 1.807) is 0 Å². The van der Waals surface area contributed by atoms with Gasteiger partial charge in [-0.2, -0.15) is 0 Å². The second kappa shape index (κ2) is 14.2. The van der Waals surface area contributed by atoms with Crippen LogP contribution in [0.4, 0.5) is 0 Å². The van der Waals surface area contributed by atoms with E-state index in [2.05, 4.69) is 20.9 Å². The van der Waals surface area contributed by atoms with E-state index in [0.717, 1.165) is 0 Å². The minimum absolute atomic E-state index is 0.0148. The molecule has 0 aliphatic carbocycles. The first kappa shape index (κ1) is 29.0. The largest absolute Gasteiger partial charge is 0.480 e. The predicted octanol–water partition coefficient (Wildman–Crippen LogP) is -5.32.